The number of rotatable bonds is 7. The molecule has 0 spiro atoms. The first-order valence-corrected chi connectivity index (χ1v) is 9.85. The van der Waals surface area contributed by atoms with Crippen LogP contribution in [0.2, 0.25) is 5.02 Å². The fourth-order valence-electron chi connectivity index (χ4n) is 2.12. The molecule has 0 unspecified atom stereocenters. The number of nitrogens with zero attached hydrogens (tertiary/aromatic N) is 3. The van der Waals surface area contributed by atoms with Gasteiger partial charge in [-0.15, -0.1) is 0 Å². The maximum atomic E-state index is 9.23. The first-order valence-electron chi connectivity index (χ1n) is 7.67. The predicted molar refractivity (Wildman–Crippen MR) is 104 cm³/mol. The number of aliphatic hydroxyl groups excluding tert-OH is 1. The Morgan fingerprint density at radius 2 is 2.15 bits per heavy atom. The fourth-order valence-corrected chi connectivity index (χ4v) is 3.88. The Bertz CT molecular complexity index is 922. The summed E-state index contributed by atoms with van der Waals surface area (Å²) in [7, 11) is 1.58. The molecule has 3 N–H and O–H groups in total. The van der Waals surface area contributed by atoms with E-state index >= 15 is 0 Å². The Labute approximate surface area is 163 Å². The van der Waals surface area contributed by atoms with Crippen molar-refractivity contribution in [1.82, 2.24) is 15.0 Å². The third kappa shape index (κ3) is 4.29. The lowest BCUT2D eigenvalue weighted by Crippen LogP contribution is -2.17. The van der Waals surface area contributed by atoms with Crippen molar-refractivity contribution < 1.29 is 14.6 Å². The molecule has 0 fully saturated rings. The Balaban J connectivity index is 1.84. The van der Waals surface area contributed by atoms with Crippen LogP contribution in [-0.4, -0.2) is 39.9 Å². The molecular weight excluding hydrogens is 396 g/mol. The van der Waals surface area contributed by atoms with Gasteiger partial charge in [0.15, 0.2) is 15.9 Å². The minimum absolute atomic E-state index is 0.118. The van der Waals surface area contributed by atoms with E-state index in [0.717, 1.165) is 5.56 Å². The Hall–Kier alpha value is -1.81. The molecule has 2 heterocycles. The molecule has 0 aliphatic carbocycles. The van der Waals surface area contributed by atoms with Crippen LogP contribution in [0.25, 0.3) is 10.3 Å². The van der Waals surface area contributed by atoms with Crippen LogP contribution in [0.5, 0.6) is 11.6 Å². The second-order valence-corrected chi connectivity index (χ2v) is 7.77. The van der Waals surface area contributed by atoms with Gasteiger partial charge >= 0.3 is 0 Å². The number of hydrogen-bond donors (Lipinski definition) is 2. The van der Waals surface area contributed by atoms with Crippen LogP contribution in [-0.2, 0) is 5.75 Å². The number of anilines is 1. The quantitative estimate of drug-likeness (QED) is 0.449. The van der Waals surface area contributed by atoms with Crippen LogP contribution < -0.4 is 15.2 Å². The summed E-state index contributed by atoms with van der Waals surface area (Å²) in [6.45, 7) is 1.64. The molecule has 138 valence electrons. The number of aromatic nitrogens is 3. The highest BCUT2D eigenvalue weighted by Gasteiger charge is 2.16. The summed E-state index contributed by atoms with van der Waals surface area (Å²) in [5.74, 6) is 1.62. The Morgan fingerprint density at radius 3 is 2.85 bits per heavy atom. The number of benzene rings is 1. The molecule has 0 aliphatic heterocycles. The number of thiazole rings is 1. The van der Waals surface area contributed by atoms with Crippen molar-refractivity contribution in [2.24, 2.45) is 0 Å². The summed E-state index contributed by atoms with van der Waals surface area (Å²) >= 11 is 8.84. The zero-order valence-corrected chi connectivity index (χ0v) is 16.5. The zero-order chi connectivity index (χ0) is 18.7. The van der Waals surface area contributed by atoms with Gasteiger partial charge in [-0.05, 0) is 24.6 Å². The summed E-state index contributed by atoms with van der Waals surface area (Å²) in [5, 5.41) is 10.7. The summed E-state index contributed by atoms with van der Waals surface area (Å²) in [6.07, 6.45) is -0.394. The van der Waals surface area contributed by atoms with Crippen molar-refractivity contribution in [3.63, 3.8) is 0 Å². The number of hydrogen-bond acceptors (Lipinski definition) is 9. The molecule has 0 bridgehead atoms. The normalized spacial score (nSPS) is 12.3. The van der Waals surface area contributed by atoms with E-state index in [1.54, 1.807) is 14.0 Å². The third-order valence-electron chi connectivity index (χ3n) is 3.37. The monoisotopic (exact) mass is 412 g/mol. The van der Waals surface area contributed by atoms with Gasteiger partial charge < -0.3 is 20.3 Å². The van der Waals surface area contributed by atoms with Gasteiger partial charge in [-0.3, -0.25) is 0 Å². The van der Waals surface area contributed by atoms with E-state index < -0.39 is 6.10 Å². The number of halogens is 1. The SMILES string of the molecule is COc1ccc(CSc2nc(O[C@H](C)CO)c3sc(N)nc3n2)cc1Cl. The van der Waals surface area contributed by atoms with Crippen molar-refractivity contribution in [1.29, 1.82) is 0 Å². The second kappa shape index (κ2) is 8.26. The molecule has 1 aromatic carbocycles. The smallest absolute Gasteiger partial charge is 0.238 e. The van der Waals surface area contributed by atoms with Gasteiger partial charge in [-0.1, -0.05) is 40.8 Å². The Kier molecular flexibility index (Phi) is 6.02. The number of thioether (sulfide) groups is 1. The molecule has 10 heteroatoms. The van der Waals surface area contributed by atoms with E-state index in [9.17, 15) is 5.11 Å². The summed E-state index contributed by atoms with van der Waals surface area (Å²) in [5.41, 5.74) is 7.28. The maximum Gasteiger partial charge on any atom is 0.238 e. The lowest BCUT2D eigenvalue weighted by Gasteiger charge is -2.12. The molecule has 3 rings (SSSR count). The molecule has 2 aromatic heterocycles. The van der Waals surface area contributed by atoms with Gasteiger partial charge in [-0.25, -0.2) is 9.97 Å². The average Bonchev–Trinajstić information content (AvgIpc) is 3.00. The highest BCUT2D eigenvalue weighted by Crippen LogP contribution is 2.34. The largest absolute Gasteiger partial charge is 0.495 e. The van der Waals surface area contributed by atoms with Crippen LogP contribution in [0.3, 0.4) is 0 Å². The lowest BCUT2D eigenvalue weighted by atomic mass is 10.2. The number of aliphatic hydroxyl groups is 1. The molecule has 0 aliphatic rings. The summed E-state index contributed by atoms with van der Waals surface area (Å²) in [4.78, 5) is 13.1. The highest BCUT2D eigenvalue weighted by molar-refractivity contribution is 7.98. The lowest BCUT2D eigenvalue weighted by molar-refractivity contribution is 0.126. The van der Waals surface area contributed by atoms with E-state index in [1.165, 1.54) is 23.1 Å². The number of fused-ring (bicyclic) bond motifs is 1. The molecule has 0 saturated heterocycles. The summed E-state index contributed by atoms with van der Waals surface area (Å²) in [6, 6.07) is 5.60. The van der Waals surface area contributed by atoms with Crippen LogP contribution >= 0.6 is 34.7 Å². The molecule has 0 radical (unpaired) electrons. The van der Waals surface area contributed by atoms with E-state index in [0.29, 0.717) is 43.0 Å². The van der Waals surface area contributed by atoms with Crippen molar-refractivity contribution in [3.8, 4) is 11.6 Å². The predicted octanol–water partition coefficient (Wildman–Crippen LogP) is 3.38. The standard InChI is InChI=1S/C16H17ClN4O3S2/c1-8(6-22)24-14-12-13(19-15(18)26-12)20-16(21-14)25-7-9-3-4-11(23-2)10(17)5-9/h3-5,8,22H,6-7H2,1-2H3,(H2,18,19,20,21)/t8-/m1/s1. The maximum absolute atomic E-state index is 9.23. The molecule has 26 heavy (non-hydrogen) atoms. The van der Waals surface area contributed by atoms with E-state index in [1.807, 2.05) is 18.2 Å². The number of ether oxygens (including phenoxy) is 2. The number of nitrogen functional groups attached to an aromatic ring is 1. The first-order chi connectivity index (χ1) is 12.5. The number of methoxy groups -OCH3 is 1. The highest BCUT2D eigenvalue weighted by atomic mass is 35.5. The molecule has 3 aromatic rings. The van der Waals surface area contributed by atoms with Gasteiger partial charge in [0, 0.05) is 5.75 Å². The van der Waals surface area contributed by atoms with Gasteiger partial charge in [0.2, 0.25) is 5.88 Å². The molecular formula is C16H17ClN4O3S2. The van der Waals surface area contributed by atoms with Crippen molar-refractivity contribution in [2.75, 3.05) is 19.5 Å². The van der Waals surface area contributed by atoms with Crippen molar-refractivity contribution in [2.45, 2.75) is 23.9 Å². The van der Waals surface area contributed by atoms with Crippen LogP contribution in [0.15, 0.2) is 23.4 Å². The van der Waals surface area contributed by atoms with Gasteiger partial charge in [0.1, 0.15) is 16.6 Å². The summed E-state index contributed by atoms with van der Waals surface area (Å²) < 4.78 is 11.5. The number of nitrogens with two attached hydrogens (primary N) is 1. The van der Waals surface area contributed by atoms with Gasteiger partial charge in [0.25, 0.3) is 0 Å². The van der Waals surface area contributed by atoms with E-state index in [4.69, 9.17) is 26.8 Å². The van der Waals surface area contributed by atoms with Crippen molar-refractivity contribution >= 4 is 50.2 Å². The van der Waals surface area contributed by atoms with Crippen LogP contribution in [0, 0.1) is 0 Å². The van der Waals surface area contributed by atoms with E-state index in [-0.39, 0.29) is 6.61 Å². The van der Waals surface area contributed by atoms with E-state index in [2.05, 4.69) is 15.0 Å². The van der Waals surface area contributed by atoms with Crippen LogP contribution in [0.4, 0.5) is 5.13 Å². The molecule has 0 saturated carbocycles. The minimum Gasteiger partial charge on any atom is -0.495 e. The minimum atomic E-state index is -0.394. The Morgan fingerprint density at radius 1 is 1.35 bits per heavy atom. The molecule has 7 nitrogen and oxygen atoms in total. The van der Waals surface area contributed by atoms with Gasteiger partial charge in [-0.2, -0.15) is 4.98 Å². The van der Waals surface area contributed by atoms with Gasteiger partial charge in [0.05, 0.1) is 18.7 Å². The third-order valence-corrected chi connectivity index (χ3v) is 5.45. The molecule has 0 amide bonds. The zero-order valence-electron chi connectivity index (χ0n) is 14.1. The topological polar surface area (TPSA) is 103 Å². The second-order valence-electron chi connectivity index (χ2n) is 5.38. The van der Waals surface area contributed by atoms with Crippen molar-refractivity contribution in [3.05, 3.63) is 28.8 Å². The first kappa shape index (κ1) is 19.0. The average molecular weight is 413 g/mol. The van der Waals surface area contributed by atoms with Crippen LogP contribution in [0.1, 0.15) is 12.5 Å². The molecule has 1 atom stereocenters. The fraction of sp³-hybridized carbons (Fsp3) is 0.312.